The molecule has 0 aliphatic carbocycles. The number of hydrogen-bond donors (Lipinski definition) is 2. The summed E-state index contributed by atoms with van der Waals surface area (Å²) >= 11 is 5.95. The number of halogens is 4. The van der Waals surface area contributed by atoms with E-state index in [1.54, 1.807) is 24.3 Å². The zero-order valence-electron chi connectivity index (χ0n) is 19.6. The maximum atomic E-state index is 13.4. The van der Waals surface area contributed by atoms with Crippen molar-refractivity contribution in [3.8, 4) is 0 Å². The van der Waals surface area contributed by atoms with Gasteiger partial charge in [0, 0.05) is 35.4 Å². The minimum Gasteiger partial charge on any atom is -0.475 e. The second kappa shape index (κ2) is 11.3. The highest BCUT2D eigenvalue weighted by atomic mass is 35.5. The molecule has 36 heavy (non-hydrogen) atoms. The molecule has 0 radical (unpaired) electrons. The van der Waals surface area contributed by atoms with Crippen LogP contribution in [0.25, 0.3) is 0 Å². The number of fused-ring (bicyclic) bond motifs is 1. The molecule has 2 heterocycles. The van der Waals surface area contributed by atoms with E-state index in [1.165, 1.54) is 0 Å². The topological polar surface area (TPSA) is 90.0 Å². The third kappa shape index (κ3) is 6.36. The van der Waals surface area contributed by atoms with Crippen molar-refractivity contribution in [3.63, 3.8) is 0 Å². The number of carbonyl (C=O) groups excluding carboxylic acids is 2. The quantitative estimate of drug-likeness (QED) is 0.614. The lowest BCUT2D eigenvalue weighted by Gasteiger charge is -2.34. The smallest absolute Gasteiger partial charge is 0.475 e. The van der Waals surface area contributed by atoms with Crippen LogP contribution in [0.3, 0.4) is 0 Å². The van der Waals surface area contributed by atoms with E-state index in [-0.39, 0.29) is 17.9 Å². The molecule has 7 nitrogen and oxygen atoms in total. The second-order valence-electron chi connectivity index (χ2n) is 8.86. The fourth-order valence-electron chi connectivity index (χ4n) is 4.77. The molecule has 2 aromatic carbocycles. The van der Waals surface area contributed by atoms with Crippen molar-refractivity contribution in [1.29, 1.82) is 0 Å². The summed E-state index contributed by atoms with van der Waals surface area (Å²) in [4.78, 5) is 39.5. The Kier molecular flexibility index (Phi) is 8.63. The first-order chi connectivity index (χ1) is 16.9. The third-order valence-corrected chi connectivity index (χ3v) is 6.94. The van der Waals surface area contributed by atoms with Gasteiger partial charge < -0.3 is 20.2 Å². The van der Waals surface area contributed by atoms with Gasteiger partial charge in [0.05, 0.1) is 5.41 Å². The van der Waals surface area contributed by atoms with Crippen LogP contribution in [0.15, 0.2) is 54.6 Å². The number of carbonyl (C=O) groups is 3. The van der Waals surface area contributed by atoms with Crippen LogP contribution in [-0.2, 0) is 9.59 Å². The van der Waals surface area contributed by atoms with E-state index in [0.717, 1.165) is 25.1 Å². The maximum Gasteiger partial charge on any atom is 0.490 e. The first-order valence-corrected chi connectivity index (χ1v) is 11.7. The average Bonchev–Trinajstić information content (AvgIpc) is 3.03. The highest BCUT2D eigenvalue weighted by Gasteiger charge is 2.52. The first kappa shape index (κ1) is 27.5. The van der Waals surface area contributed by atoms with Crippen LogP contribution in [0.2, 0.25) is 5.02 Å². The van der Waals surface area contributed by atoms with Gasteiger partial charge in [-0.05, 0) is 69.3 Å². The summed E-state index contributed by atoms with van der Waals surface area (Å²) in [5, 5.41) is 10.9. The van der Waals surface area contributed by atoms with Crippen LogP contribution in [0.4, 0.5) is 18.9 Å². The Balaban J connectivity index is 0.000000454. The molecule has 194 valence electrons. The molecule has 2 aromatic rings. The van der Waals surface area contributed by atoms with E-state index in [1.807, 2.05) is 35.2 Å². The van der Waals surface area contributed by atoms with Gasteiger partial charge in [0.2, 0.25) is 5.91 Å². The summed E-state index contributed by atoms with van der Waals surface area (Å²) in [6, 6.07) is 16.7. The summed E-state index contributed by atoms with van der Waals surface area (Å²) in [6.45, 7) is 2.13. The van der Waals surface area contributed by atoms with Gasteiger partial charge in [-0.1, -0.05) is 29.8 Å². The van der Waals surface area contributed by atoms with Crippen LogP contribution in [0, 0.1) is 5.41 Å². The number of aliphatic carboxylic acids is 1. The number of para-hydroxylation sites is 1. The number of nitrogens with one attached hydrogen (secondary N) is 1. The van der Waals surface area contributed by atoms with E-state index in [9.17, 15) is 22.8 Å². The molecular formula is C25H27ClF3N3O4. The highest BCUT2D eigenvalue weighted by Crippen LogP contribution is 2.44. The summed E-state index contributed by atoms with van der Waals surface area (Å²) < 4.78 is 31.7. The number of likely N-dealkylation sites (tertiary alicyclic amines) is 2. The van der Waals surface area contributed by atoms with Crippen LogP contribution >= 0.6 is 11.6 Å². The lowest BCUT2D eigenvalue weighted by Crippen LogP contribution is -2.46. The van der Waals surface area contributed by atoms with Gasteiger partial charge in [0.25, 0.3) is 5.91 Å². The van der Waals surface area contributed by atoms with Crippen LogP contribution in [0.1, 0.15) is 29.6 Å². The van der Waals surface area contributed by atoms with Crippen LogP contribution < -0.4 is 5.32 Å². The van der Waals surface area contributed by atoms with E-state index >= 15 is 0 Å². The minimum atomic E-state index is -5.08. The summed E-state index contributed by atoms with van der Waals surface area (Å²) in [7, 11) is 2.08. The molecule has 0 saturated carbocycles. The van der Waals surface area contributed by atoms with Crippen molar-refractivity contribution in [1.82, 2.24) is 9.80 Å². The van der Waals surface area contributed by atoms with E-state index in [2.05, 4.69) is 17.3 Å². The molecule has 11 heteroatoms. The average molecular weight is 526 g/mol. The number of anilines is 1. The van der Waals surface area contributed by atoms with Crippen molar-refractivity contribution in [2.45, 2.75) is 31.5 Å². The molecule has 2 fully saturated rings. The molecule has 0 bridgehead atoms. The van der Waals surface area contributed by atoms with Crippen LogP contribution in [0.5, 0.6) is 0 Å². The molecule has 2 aliphatic rings. The third-order valence-electron chi connectivity index (χ3n) is 6.69. The fourth-order valence-corrected chi connectivity index (χ4v) is 4.89. The molecule has 2 saturated heterocycles. The van der Waals surface area contributed by atoms with Gasteiger partial charge in [0.15, 0.2) is 0 Å². The minimum absolute atomic E-state index is 0.00270. The molecule has 2 amide bonds. The zero-order chi connectivity index (χ0) is 26.5. The van der Waals surface area contributed by atoms with Crippen molar-refractivity contribution >= 4 is 35.1 Å². The molecule has 0 aromatic heterocycles. The van der Waals surface area contributed by atoms with Gasteiger partial charge in [-0.25, -0.2) is 4.79 Å². The Bertz CT molecular complexity index is 1080. The van der Waals surface area contributed by atoms with E-state index in [0.29, 0.717) is 30.1 Å². The lowest BCUT2D eigenvalue weighted by atomic mass is 9.75. The molecular weight excluding hydrogens is 499 g/mol. The summed E-state index contributed by atoms with van der Waals surface area (Å²) in [5.74, 6) is -2.69. The van der Waals surface area contributed by atoms with Gasteiger partial charge in [-0.3, -0.25) is 9.59 Å². The Labute approximate surface area is 211 Å². The van der Waals surface area contributed by atoms with E-state index in [4.69, 9.17) is 21.5 Å². The molecule has 2 atom stereocenters. The Morgan fingerprint density at radius 2 is 1.58 bits per heavy atom. The summed E-state index contributed by atoms with van der Waals surface area (Å²) in [5.41, 5.74) is 0.982. The van der Waals surface area contributed by atoms with Crippen LogP contribution in [-0.4, -0.2) is 71.6 Å². The number of amides is 2. The molecule has 2 aliphatic heterocycles. The van der Waals surface area contributed by atoms with Crippen molar-refractivity contribution in [3.05, 3.63) is 65.2 Å². The summed E-state index contributed by atoms with van der Waals surface area (Å²) in [6.07, 6.45) is -2.81. The van der Waals surface area contributed by atoms with Gasteiger partial charge >= 0.3 is 12.1 Å². The predicted molar refractivity (Wildman–Crippen MR) is 129 cm³/mol. The fraction of sp³-hybridized carbons (Fsp3) is 0.400. The van der Waals surface area contributed by atoms with E-state index < -0.39 is 17.6 Å². The normalized spacial score (nSPS) is 22.0. The SMILES string of the molecule is CN1CC[C@@]2(C(=O)Nc3ccccc3)CCN(C(=O)c3ccc(Cl)cc3)CC[C@@H]12.O=C(O)C(F)(F)F. The second-order valence-corrected chi connectivity index (χ2v) is 9.30. The Hall–Kier alpha value is -3.11. The first-order valence-electron chi connectivity index (χ1n) is 11.4. The van der Waals surface area contributed by atoms with Crippen molar-refractivity contribution in [2.24, 2.45) is 5.41 Å². The molecule has 2 N–H and O–H groups in total. The molecule has 0 spiro atoms. The lowest BCUT2D eigenvalue weighted by molar-refractivity contribution is -0.192. The van der Waals surface area contributed by atoms with Gasteiger partial charge in [-0.15, -0.1) is 0 Å². The maximum absolute atomic E-state index is 13.4. The van der Waals surface area contributed by atoms with Gasteiger partial charge in [-0.2, -0.15) is 13.2 Å². The monoisotopic (exact) mass is 525 g/mol. The predicted octanol–water partition coefficient (Wildman–Crippen LogP) is 4.54. The number of nitrogens with zero attached hydrogens (tertiary/aromatic N) is 2. The number of alkyl halides is 3. The Morgan fingerprint density at radius 1 is 1.00 bits per heavy atom. The number of benzene rings is 2. The van der Waals surface area contributed by atoms with Crippen molar-refractivity contribution in [2.75, 3.05) is 32.0 Å². The standard InChI is InChI=1S/C23H26ClN3O2.C2HF3O2/c1-26-15-12-23(22(29)25-19-5-3-2-4-6-19)13-16-27(14-11-20(23)26)21(28)17-7-9-18(24)10-8-17;3-2(4,5)1(6)7/h2-10,20H,11-16H2,1H3,(H,25,29);(H,6,7)/t20-,23-;/m1./s1. The molecule has 0 unspecified atom stereocenters. The van der Waals surface area contributed by atoms with Crippen molar-refractivity contribution < 1.29 is 32.7 Å². The number of hydrogen-bond acceptors (Lipinski definition) is 4. The largest absolute Gasteiger partial charge is 0.490 e. The zero-order valence-corrected chi connectivity index (χ0v) is 20.4. The number of carboxylic acids is 1. The number of carboxylic acid groups (broad SMARTS) is 1. The highest BCUT2D eigenvalue weighted by molar-refractivity contribution is 6.30. The molecule has 4 rings (SSSR count). The van der Waals surface area contributed by atoms with Gasteiger partial charge in [0.1, 0.15) is 0 Å². The number of rotatable bonds is 3. The Morgan fingerprint density at radius 3 is 2.17 bits per heavy atom.